The lowest BCUT2D eigenvalue weighted by Crippen LogP contribution is -2.28. The number of hydrogen-bond donors (Lipinski definition) is 1. The van der Waals surface area contributed by atoms with Crippen LogP contribution in [0.15, 0.2) is 11.0 Å². The van der Waals surface area contributed by atoms with Crippen LogP contribution in [0.5, 0.6) is 0 Å². The smallest absolute Gasteiger partial charge is 0.295 e. The van der Waals surface area contributed by atoms with Crippen LogP contribution in [0, 0.1) is 0 Å². The predicted octanol–water partition coefficient (Wildman–Crippen LogP) is 5.24. The molecule has 0 amide bonds. The Balaban J connectivity index is 2.55. The molecule has 1 aromatic rings. The monoisotopic (exact) mass is 437 g/mol. The Bertz CT molecular complexity index is 656. The molecule has 6 nitrogen and oxygen atoms in total. The first-order chi connectivity index (χ1) is 14.4. The van der Waals surface area contributed by atoms with E-state index in [0.29, 0.717) is 25.3 Å². The van der Waals surface area contributed by atoms with Gasteiger partial charge in [0.05, 0.1) is 5.69 Å². The van der Waals surface area contributed by atoms with Crippen molar-refractivity contribution in [2.45, 2.75) is 104 Å². The minimum absolute atomic E-state index is 0.155. The van der Waals surface area contributed by atoms with Gasteiger partial charge in [0, 0.05) is 33.8 Å². The van der Waals surface area contributed by atoms with E-state index in [9.17, 15) is 9.59 Å². The van der Waals surface area contributed by atoms with Gasteiger partial charge in [-0.1, -0.05) is 71.5 Å². The van der Waals surface area contributed by atoms with Crippen LogP contribution in [0.25, 0.3) is 0 Å². The summed E-state index contributed by atoms with van der Waals surface area (Å²) in [5.74, 6) is 0.371. The molecule has 0 saturated carbocycles. The molecule has 172 valence electrons. The zero-order valence-electron chi connectivity index (χ0n) is 19.7. The van der Waals surface area contributed by atoms with Gasteiger partial charge in [-0.15, -0.1) is 0 Å². The van der Waals surface area contributed by atoms with Gasteiger partial charge < -0.3 is 14.8 Å². The first-order valence-electron chi connectivity index (χ1n) is 11.7. The molecule has 0 saturated heterocycles. The molecule has 0 aliphatic rings. The third-order valence-electron chi connectivity index (χ3n) is 5.09. The number of carbonyl (C=O) groups excluding carboxylic acids is 1. The molecule has 0 bridgehead atoms. The molecule has 0 aromatic carbocycles. The van der Waals surface area contributed by atoms with Crippen LogP contribution in [-0.4, -0.2) is 37.1 Å². The topological polar surface area (TPSA) is 73.2 Å². The number of rotatable bonds is 18. The van der Waals surface area contributed by atoms with E-state index in [4.69, 9.17) is 4.74 Å². The van der Waals surface area contributed by atoms with E-state index in [-0.39, 0.29) is 12.3 Å². The number of unbranched alkanes of at least 4 members (excludes halogenated alkanes) is 7. The quantitative estimate of drug-likeness (QED) is 0.193. The number of ether oxygens (including phenoxy) is 1. The fraction of sp³-hybridized carbons (Fsp3) is 0.783. The lowest BCUT2D eigenvalue weighted by atomic mass is 10.1. The summed E-state index contributed by atoms with van der Waals surface area (Å²) in [5, 5.41) is 3.21. The van der Waals surface area contributed by atoms with Crippen molar-refractivity contribution < 1.29 is 9.53 Å². The number of carbonyl (C=O) groups is 1. The van der Waals surface area contributed by atoms with Gasteiger partial charge >= 0.3 is 0 Å². The minimum Gasteiger partial charge on any atom is -0.365 e. The fourth-order valence-corrected chi connectivity index (χ4v) is 3.90. The Kier molecular flexibility index (Phi) is 13.6. The average Bonchev–Trinajstić information content (AvgIpc) is 2.70. The molecule has 30 heavy (non-hydrogen) atoms. The van der Waals surface area contributed by atoms with E-state index in [1.165, 1.54) is 38.5 Å². The highest BCUT2D eigenvalue weighted by molar-refractivity contribution is 6.76. The molecule has 1 rings (SSSR count). The number of anilines is 1. The molecule has 1 heterocycles. The molecule has 0 aliphatic heterocycles. The molecule has 0 aliphatic carbocycles. The molecule has 1 N–H and O–H groups in total. The molecule has 0 spiro atoms. The number of aldehydes is 1. The SMILES string of the molecule is CCCCCCCCCCNc1nc(CCC=O)cn(COCC[Si](C)(C)C)c1=O. The molecule has 7 heteroatoms. The summed E-state index contributed by atoms with van der Waals surface area (Å²) in [4.78, 5) is 27.9. The minimum atomic E-state index is -1.16. The maximum Gasteiger partial charge on any atom is 0.295 e. The molecular weight excluding hydrogens is 394 g/mol. The third kappa shape index (κ3) is 12.3. The van der Waals surface area contributed by atoms with Gasteiger partial charge in [0.1, 0.15) is 13.0 Å². The average molecular weight is 438 g/mol. The van der Waals surface area contributed by atoms with Crippen molar-refractivity contribution in [1.29, 1.82) is 0 Å². The van der Waals surface area contributed by atoms with Crippen LogP contribution >= 0.6 is 0 Å². The third-order valence-corrected chi connectivity index (χ3v) is 6.80. The van der Waals surface area contributed by atoms with Crippen LogP contribution in [0.1, 0.15) is 70.4 Å². The summed E-state index contributed by atoms with van der Waals surface area (Å²) in [6.45, 7) is 10.8. The van der Waals surface area contributed by atoms with Crippen LogP contribution in [0.3, 0.4) is 0 Å². The Morgan fingerprint density at radius 3 is 2.40 bits per heavy atom. The van der Waals surface area contributed by atoms with E-state index in [1.807, 2.05) is 0 Å². The summed E-state index contributed by atoms with van der Waals surface area (Å²) < 4.78 is 7.34. The zero-order chi connectivity index (χ0) is 22.2. The molecule has 1 aromatic heterocycles. The van der Waals surface area contributed by atoms with Gasteiger partial charge in [0.15, 0.2) is 5.82 Å². The summed E-state index contributed by atoms with van der Waals surface area (Å²) >= 11 is 0. The Hall–Kier alpha value is -1.47. The summed E-state index contributed by atoms with van der Waals surface area (Å²) in [6, 6.07) is 1.06. The second-order valence-electron chi connectivity index (χ2n) is 9.31. The normalized spacial score (nSPS) is 11.6. The lowest BCUT2D eigenvalue weighted by molar-refractivity contribution is -0.107. The van der Waals surface area contributed by atoms with Gasteiger partial charge in [0.25, 0.3) is 5.56 Å². The highest BCUT2D eigenvalue weighted by atomic mass is 28.3. The van der Waals surface area contributed by atoms with Crippen LogP contribution < -0.4 is 10.9 Å². The first kappa shape index (κ1) is 26.6. The molecular formula is C23H43N3O3Si. The highest BCUT2D eigenvalue weighted by Gasteiger charge is 2.13. The Labute approximate surface area is 183 Å². The van der Waals surface area contributed by atoms with Gasteiger partial charge in [-0.2, -0.15) is 0 Å². The van der Waals surface area contributed by atoms with Gasteiger partial charge in [-0.3, -0.25) is 9.36 Å². The summed E-state index contributed by atoms with van der Waals surface area (Å²) in [6.07, 6.45) is 13.6. The van der Waals surface area contributed by atoms with Crippen molar-refractivity contribution in [3.63, 3.8) is 0 Å². The van der Waals surface area contributed by atoms with E-state index >= 15 is 0 Å². The molecule has 0 fully saturated rings. The number of nitrogens with one attached hydrogen (secondary N) is 1. The molecule has 0 unspecified atom stereocenters. The molecule has 0 radical (unpaired) electrons. The van der Waals surface area contributed by atoms with E-state index in [1.54, 1.807) is 10.8 Å². The Morgan fingerprint density at radius 2 is 1.77 bits per heavy atom. The highest BCUT2D eigenvalue weighted by Crippen LogP contribution is 2.10. The van der Waals surface area contributed by atoms with E-state index in [0.717, 1.165) is 37.4 Å². The van der Waals surface area contributed by atoms with Crippen LogP contribution in [-0.2, 0) is 22.7 Å². The predicted molar refractivity (Wildman–Crippen MR) is 128 cm³/mol. The van der Waals surface area contributed by atoms with Crippen LogP contribution in [0.2, 0.25) is 25.7 Å². The van der Waals surface area contributed by atoms with Gasteiger partial charge in [-0.25, -0.2) is 4.98 Å². The number of aryl methyl sites for hydroxylation is 1. The van der Waals surface area contributed by atoms with Crippen molar-refractivity contribution >= 4 is 20.2 Å². The fourth-order valence-electron chi connectivity index (χ4n) is 3.14. The van der Waals surface area contributed by atoms with Crippen molar-refractivity contribution in [2.75, 3.05) is 18.5 Å². The van der Waals surface area contributed by atoms with Crippen molar-refractivity contribution in [2.24, 2.45) is 0 Å². The second kappa shape index (κ2) is 15.3. The van der Waals surface area contributed by atoms with Crippen molar-refractivity contribution in [3.05, 3.63) is 22.2 Å². The Morgan fingerprint density at radius 1 is 1.10 bits per heavy atom. The van der Waals surface area contributed by atoms with E-state index < -0.39 is 8.07 Å². The van der Waals surface area contributed by atoms with E-state index in [2.05, 4.69) is 36.9 Å². The van der Waals surface area contributed by atoms with Gasteiger partial charge in [-0.05, 0) is 18.9 Å². The summed E-state index contributed by atoms with van der Waals surface area (Å²) in [5.41, 5.74) is 0.589. The molecule has 0 atom stereocenters. The van der Waals surface area contributed by atoms with Crippen molar-refractivity contribution in [3.8, 4) is 0 Å². The van der Waals surface area contributed by atoms with Crippen LogP contribution in [0.4, 0.5) is 5.82 Å². The number of aromatic nitrogens is 2. The maximum absolute atomic E-state index is 12.7. The lowest BCUT2D eigenvalue weighted by Gasteiger charge is -2.16. The van der Waals surface area contributed by atoms with Crippen molar-refractivity contribution in [1.82, 2.24) is 9.55 Å². The number of nitrogens with zero attached hydrogens (tertiary/aromatic N) is 2. The summed E-state index contributed by atoms with van der Waals surface area (Å²) in [7, 11) is -1.16. The maximum atomic E-state index is 12.7. The number of hydrogen-bond acceptors (Lipinski definition) is 5. The van der Waals surface area contributed by atoms with Gasteiger partial charge in [0.2, 0.25) is 0 Å². The zero-order valence-corrected chi connectivity index (χ0v) is 20.7. The largest absolute Gasteiger partial charge is 0.365 e. The second-order valence-corrected chi connectivity index (χ2v) is 14.9. The standard InChI is InChI=1S/C23H43N3O3Si/c1-5-6-7-8-9-10-11-12-15-24-22-23(28)26(19-21(25-22)14-13-16-27)20-29-17-18-30(2,3)4/h16,19H,5-15,17-18,20H2,1-4H3,(H,24,25). The first-order valence-corrected chi connectivity index (χ1v) is 15.4.